The molecular formula is C42H75N3O9. The Morgan fingerprint density at radius 1 is 0.722 bits per heavy atom. The van der Waals surface area contributed by atoms with Crippen LogP contribution < -0.4 is 11.2 Å². The number of esters is 2. The molecule has 0 unspecified atom stereocenters. The van der Waals surface area contributed by atoms with Crippen LogP contribution in [0, 0.1) is 0 Å². The van der Waals surface area contributed by atoms with Gasteiger partial charge < -0.3 is 28.6 Å². The van der Waals surface area contributed by atoms with E-state index < -0.39 is 54.3 Å². The number of ether oxygens (including phenoxy) is 5. The molecule has 0 aromatic carbocycles. The number of hydrogen-bond donors (Lipinski definition) is 0. The summed E-state index contributed by atoms with van der Waals surface area (Å²) < 4.78 is 32.5. The Morgan fingerprint density at radius 3 is 1.65 bits per heavy atom. The summed E-state index contributed by atoms with van der Waals surface area (Å²) in [6, 6.07) is 1.24. The molecule has 54 heavy (non-hydrogen) atoms. The van der Waals surface area contributed by atoms with E-state index in [1.54, 1.807) is 0 Å². The predicted octanol–water partition coefficient (Wildman–Crippen LogP) is 7.57. The summed E-state index contributed by atoms with van der Waals surface area (Å²) in [7, 11) is 5.34. The summed E-state index contributed by atoms with van der Waals surface area (Å²) >= 11 is 0. The van der Waals surface area contributed by atoms with Crippen molar-refractivity contribution in [3.63, 3.8) is 0 Å². The van der Waals surface area contributed by atoms with E-state index >= 15 is 0 Å². The van der Waals surface area contributed by atoms with Crippen LogP contribution in [0.25, 0.3) is 0 Å². The van der Waals surface area contributed by atoms with Gasteiger partial charge >= 0.3 is 17.6 Å². The van der Waals surface area contributed by atoms with Gasteiger partial charge in [-0.2, -0.15) is 0 Å². The molecule has 1 saturated heterocycles. The van der Waals surface area contributed by atoms with Crippen molar-refractivity contribution in [2.45, 2.75) is 199 Å². The highest BCUT2D eigenvalue weighted by atomic mass is 16.6. The van der Waals surface area contributed by atoms with Gasteiger partial charge in [0.2, 0.25) is 0 Å². The van der Waals surface area contributed by atoms with E-state index in [0.29, 0.717) is 6.54 Å². The number of carbonyl (C=O) groups excluding carboxylic acids is 2. The lowest BCUT2D eigenvalue weighted by Crippen LogP contribution is -2.45. The molecule has 4 atom stereocenters. The maximum Gasteiger partial charge on any atom is 0.333 e. The Bertz CT molecular complexity index is 1260. The number of likely N-dealkylation sites (N-methyl/N-ethyl adjacent to an activating group) is 1. The molecule has 1 aliphatic heterocycles. The lowest BCUT2D eigenvalue weighted by molar-refractivity contribution is -0.162. The van der Waals surface area contributed by atoms with Crippen molar-refractivity contribution in [3.8, 4) is 0 Å². The Hall–Kier alpha value is -2.54. The average molecular weight is 766 g/mol. The van der Waals surface area contributed by atoms with Crippen molar-refractivity contribution >= 4 is 11.9 Å². The third-order valence-electron chi connectivity index (χ3n) is 10.3. The van der Waals surface area contributed by atoms with E-state index in [1.807, 2.05) is 19.0 Å². The molecule has 312 valence electrons. The highest BCUT2D eigenvalue weighted by Crippen LogP contribution is 2.33. The second-order valence-electron chi connectivity index (χ2n) is 15.4. The van der Waals surface area contributed by atoms with E-state index in [0.717, 1.165) is 133 Å². The highest BCUT2D eigenvalue weighted by Gasteiger charge is 2.48. The molecule has 0 spiro atoms. The van der Waals surface area contributed by atoms with Crippen LogP contribution in [0.4, 0.5) is 0 Å². The second kappa shape index (κ2) is 27.9. The number of aromatic nitrogens is 2. The van der Waals surface area contributed by atoms with Crippen molar-refractivity contribution in [1.29, 1.82) is 0 Å². The van der Waals surface area contributed by atoms with Gasteiger partial charge in [-0.1, -0.05) is 105 Å². The van der Waals surface area contributed by atoms with E-state index in [1.165, 1.54) is 23.9 Å². The third kappa shape index (κ3) is 17.5. The summed E-state index contributed by atoms with van der Waals surface area (Å²) in [6.07, 6.45) is 18.3. The van der Waals surface area contributed by atoms with Crippen LogP contribution in [0.2, 0.25) is 0 Å². The lowest BCUT2D eigenvalue weighted by Gasteiger charge is -2.25. The number of rotatable bonds is 31. The van der Waals surface area contributed by atoms with Gasteiger partial charge in [-0.25, -0.2) is 14.2 Å². The monoisotopic (exact) mass is 766 g/mol. The molecule has 0 amide bonds. The van der Waals surface area contributed by atoms with E-state index in [2.05, 4.69) is 27.7 Å². The van der Waals surface area contributed by atoms with Crippen molar-refractivity contribution in [1.82, 2.24) is 14.0 Å². The molecule has 1 aliphatic rings. The average Bonchev–Trinajstić information content (AvgIpc) is 3.48. The Balaban J connectivity index is 2.26. The summed E-state index contributed by atoms with van der Waals surface area (Å²) in [5.41, 5.74) is -1.35. The zero-order valence-electron chi connectivity index (χ0n) is 34.9. The van der Waals surface area contributed by atoms with Crippen molar-refractivity contribution < 1.29 is 33.3 Å². The first-order chi connectivity index (χ1) is 26.1. The number of nitrogens with zero attached hydrogens (tertiary/aromatic N) is 3. The van der Waals surface area contributed by atoms with Gasteiger partial charge in [0, 0.05) is 25.9 Å². The first-order valence-electron chi connectivity index (χ1n) is 21.2. The predicted molar refractivity (Wildman–Crippen MR) is 213 cm³/mol. The van der Waals surface area contributed by atoms with Crippen LogP contribution in [0.5, 0.6) is 0 Å². The molecule has 0 bridgehead atoms. The largest absolute Gasteiger partial charge is 0.461 e. The van der Waals surface area contributed by atoms with E-state index in [-0.39, 0.29) is 18.8 Å². The van der Waals surface area contributed by atoms with Crippen LogP contribution in [-0.4, -0.2) is 90.8 Å². The number of hydrogen-bond acceptors (Lipinski definition) is 10. The van der Waals surface area contributed by atoms with Crippen molar-refractivity contribution in [3.05, 3.63) is 33.1 Å². The minimum Gasteiger partial charge on any atom is -0.461 e. The lowest BCUT2D eigenvalue weighted by atomic mass is 10.0. The summed E-state index contributed by atoms with van der Waals surface area (Å²) in [6.45, 7) is 8.26. The maximum absolute atomic E-state index is 14.0. The van der Waals surface area contributed by atoms with Crippen LogP contribution >= 0.6 is 0 Å². The molecule has 0 radical (unpaired) electrons. The molecule has 0 saturated carbocycles. The molecule has 12 nitrogen and oxygen atoms in total. The van der Waals surface area contributed by atoms with Crippen molar-refractivity contribution in [2.24, 2.45) is 0 Å². The summed E-state index contributed by atoms with van der Waals surface area (Å²) in [5.74, 6) is -1.10. The first-order valence-corrected chi connectivity index (χ1v) is 21.2. The standard InChI is InChI=1S/C42H75N3O9/c1-8-12-16-20-24-33(25-21-17-13-9-2)52-37(47)31-45-36(46)28-29-44(42(45)49)41-40(39(50-7)35(54-41)30-43(5)6)51-32-38(48)53-34(26-22-18-14-10-3)27-23-19-15-11-4/h28-29,33-35,39-41H,8-27,30-32H2,1-7H3/t35-,39-,40-,41-/m1/s1. The van der Waals surface area contributed by atoms with Crippen LogP contribution in [0.1, 0.15) is 162 Å². The van der Waals surface area contributed by atoms with Crippen LogP contribution in [-0.2, 0) is 39.8 Å². The zero-order valence-corrected chi connectivity index (χ0v) is 34.9. The molecule has 2 heterocycles. The first kappa shape index (κ1) is 47.6. The fourth-order valence-electron chi connectivity index (χ4n) is 7.23. The number of unbranched alkanes of at least 4 members (excludes halogenated alkanes) is 12. The normalized spacial score (nSPS) is 18.6. The molecule has 0 N–H and O–H groups in total. The fourth-order valence-corrected chi connectivity index (χ4v) is 7.23. The van der Waals surface area contributed by atoms with Gasteiger partial charge in [0.1, 0.15) is 43.7 Å². The molecular weight excluding hydrogens is 690 g/mol. The van der Waals surface area contributed by atoms with Crippen LogP contribution in [0.15, 0.2) is 21.9 Å². The topological polar surface area (TPSA) is 128 Å². The second-order valence-corrected chi connectivity index (χ2v) is 15.4. The quantitative estimate of drug-likeness (QED) is 0.0552. The molecule has 0 aliphatic carbocycles. The van der Waals surface area contributed by atoms with Gasteiger partial charge in [-0.15, -0.1) is 0 Å². The molecule has 12 heteroatoms. The number of carbonyl (C=O) groups is 2. The third-order valence-corrected chi connectivity index (χ3v) is 10.3. The Kier molecular flexibility index (Phi) is 24.6. The SMILES string of the molecule is CCCCCCC(CCCCCC)OC(=O)CO[C@@H]1[C@H](OC)[C@@H](CN(C)C)O[C@H]1n1ccc(=O)n(CC(=O)OC(CCCCCC)CCCCCC)c1=O. The van der Waals surface area contributed by atoms with Crippen molar-refractivity contribution in [2.75, 3.05) is 34.4 Å². The van der Waals surface area contributed by atoms with E-state index in [9.17, 15) is 19.2 Å². The van der Waals surface area contributed by atoms with Gasteiger partial charge in [0.05, 0.1) is 0 Å². The Morgan fingerprint density at radius 2 is 1.20 bits per heavy atom. The number of methoxy groups -OCH3 is 1. The van der Waals surface area contributed by atoms with Gasteiger partial charge in [0.25, 0.3) is 5.56 Å². The van der Waals surface area contributed by atoms with Gasteiger partial charge in [-0.05, 0) is 65.5 Å². The summed E-state index contributed by atoms with van der Waals surface area (Å²) in [4.78, 5) is 55.5. The minimum atomic E-state index is -1.04. The smallest absolute Gasteiger partial charge is 0.333 e. The molecule has 2 rings (SSSR count). The highest BCUT2D eigenvalue weighted by molar-refractivity contribution is 5.71. The van der Waals surface area contributed by atoms with Crippen LogP contribution in [0.3, 0.4) is 0 Å². The van der Waals surface area contributed by atoms with Gasteiger partial charge in [-0.3, -0.25) is 14.2 Å². The van der Waals surface area contributed by atoms with Gasteiger partial charge in [0.15, 0.2) is 6.23 Å². The minimum absolute atomic E-state index is 0.177. The molecule has 1 aromatic rings. The Labute approximate surface area is 325 Å². The van der Waals surface area contributed by atoms with E-state index in [4.69, 9.17) is 23.7 Å². The zero-order chi connectivity index (χ0) is 39.7. The molecule has 1 aromatic heterocycles. The maximum atomic E-state index is 14.0. The molecule has 1 fully saturated rings. The fraction of sp³-hybridized carbons (Fsp3) is 0.857. The summed E-state index contributed by atoms with van der Waals surface area (Å²) in [5, 5.41) is 0.